The number of rotatable bonds is 3. The van der Waals surface area contributed by atoms with E-state index in [4.69, 9.17) is 10.5 Å². The minimum absolute atomic E-state index is 0.752. The van der Waals surface area contributed by atoms with Crippen molar-refractivity contribution < 1.29 is 4.74 Å². The lowest BCUT2D eigenvalue weighted by molar-refractivity contribution is 0.304. The lowest BCUT2D eigenvalue weighted by Gasteiger charge is -2.01. The fourth-order valence-electron chi connectivity index (χ4n) is 0.632. The molecule has 10 heavy (non-hydrogen) atoms. The molecule has 2 heteroatoms. The first kappa shape index (κ1) is 8.82. The average Bonchev–Trinajstić information content (AvgIpc) is 1.91. The average molecular weight is 139 g/mol. The number of hydrogen-bond donors (Lipinski definition) is 1. The molecule has 0 bridgehead atoms. The molecule has 0 heterocycles. The van der Waals surface area contributed by atoms with Gasteiger partial charge >= 0.3 is 0 Å². The molecule has 0 rings (SSSR count). The summed E-state index contributed by atoms with van der Waals surface area (Å²) in [6.07, 6.45) is 4.88. The van der Waals surface area contributed by atoms with Gasteiger partial charge in [0, 0.05) is 0 Å². The maximum Gasteiger partial charge on any atom is 0.121 e. The fraction of sp³-hybridized carbons (Fsp3) is 0.250. The molecule has 0 aromatic heterocycles. The highest BCUT2D eigenvalue weighted by molar-refractivity contribution is 5.25. The second-order valence-electron chi connectivity index (χ2n) is 1.81. The van der Waals surface area contributed by atoms with E-state index >= 15 is 0 Å². The zero-order valence-electron chi connectivity index (χ0n) is 6.42. The molecule has 0 atom stereocenters. The summed E-state index contributed by atoms with van der Waals surface area (Å²) in [5, 5.41) is 0. The van der Waals surface area contributed by atoms with Crippen molar-refractivity contribution in [1.82, 2.24) is 0 Å². The number of ether oxygens (including phenoxy) is 1. The minimum Gasteiger partial charge on any atom is -0.497 e. The molecule has 0 aromatic rings. The van der Waals surface area contributed by atoms with Crippen LogP contribution in [0.2, 0.25) is 0 Å². The van der Waals surface area contributed by atoms with Gasteiger partial charge in [-0.25, -0.2) is 0 Å². The zero-order chi connectivity index (χ0) is 7.98. The van der Waals surface area contributed by atoms with E-state index in [1.807, 2.05) is 6.92 Å². The van der Waals surface area contributed by atoms with Crippen LogP contribution >= 0.6 is 0 Å². The van der Waals surface area contributed by atoms with Crippen molar-refractivity contribution in [3.8, 4) is 0 Å². The Labute approximate surface area is 61.7 Å². The van der Waals surface area contributed by atoms with Gasteiger partial charge in [0.15, 0.2) is 0 Å². The molecule has 0 spiro atoms. The first-order valence-electron chi connectivity index (χ1n) is 3.01. The maximum atomic E-state index is 5.17. The standard InChI is InChI=1S/C8H13NO/c1-4-8(10-3)7(2)5-6-9/h4-6H,1,9H2,2-3H3/b6-5-,8-7+. The summed E-state index contributed by atoms with van der Waals surface area (Å²) >= 11 is 0. The Morgan fingerprint density at radius 2 is 2.20 bits per heavy atom. The van der Waals surface area contributed by atoms with Crippen LogP contribution in [0.25, 0.3) is 0 Å². The van der Waals surface area contributed by atoms with Gasteiger partial charge in [-0.05, 0) is 30.8 Å². The lowest BCUT2D eigenvalue weighted by Crippen LogP contribution is -1.86. The largest absolute Gasteiger partial charge is 0.497 e. The molecule has 2 nitrogen and oxygen atoms in total. The third-order valence-electron chi connectivity index (χ3n) is 1.14. The topological polar surface area (TPSA) is 35.2 Å². The van der Waals surface area contributed by atoms with Crippen LogP contribution in [0, 0.1) is 0 Å². The summed E-state index contributed by atoms with van der Waals surface area (Å²) in [4.78, 5) is 0. The van der Waals surface area contributed by atoms with Crippen LogP contribution in [0.15, 0.2) is 36.3 Å². The summed E-state index contributed by atoms with van der Waals surface area (Å²) < 4.78 is 4.97. The second kappa shape index (κ2) is 4.68. The molecular weight excluding hydrogens is 126 g/mol. The molecule has 56 valence electrons. The Bertz CT molecular complexity index is 168. The van der Waals surface area contributed by atoms with Crippen molar-refractivity contribution >= 4 is 0 Å². The van der Waals surface area contributed by atoms with E-state index in [1.165, 1.54) is 6.20 Å². The van der Waals surface area contributed by atoms with E-state index in [0.29, 0.717) is 0 Å². The molecule has 0 aliphatic carbocycles. The number of methoxy groups -OCH3 is 1. The van der Waals surface area contributed by atoms with Crippen molar-refractivity contribution in [3.05, 3.63) is 36.3 Å². The van der Waals surface area contributed by atoms with E-state index < -0.39 is 0 Å². The van der Waals surface area contributed by atoms with Crippen LogP contribution in [0.4, 0.5) is 0 Å². The summed E-state index contributed by atoms with van der Waals surface area (Å²) in [6, 6.07) is 0. The smallest absolute Gasteiger partial charge is 0.121 e. The van der Waals surface area contributed by atoms with Crippen LogP contribution in [0.1, 0.15) is 6.92 Å². The Kier molecular flexibility index (Phi) is 4.12. The van der Waals surface area contributed by atoms with Crippen LogP contribution in [-0.4, -0.2) is 7.11 Å². The summed E-state index contributed by atoms with van der Waals surface area (Å²) in [5.41, 5.74) is 6.14. The summed E-state index contributed by atoms with van der Waals surface area (Å²) in [5.74, 6) is 0.752. The monoisotopic (exact) mass is 139 g/mol. The van der Waals surface area contributed by atoms with Gasteiger partial charge in [0.2, 0.25) is 0 Å². The third-order valence-corrected chi connectivity index (χ3v) is 1.14. The Hall–Kier alpha value is -1.18. The summed E-state index contributed by atoms with van der Waals surface area (Å²) in [6.45, 7) is 5.48. The van der Waals surface area contributed by atoms with Crippen LogP contribution in [0.5, 0.6) is 0 Å². The van der Waals surface area contributed by atoms with E-state index in [-0.39, 0.29) is 0 Å². The molecule has 0 saturated heterocycles. The van der Waals surface area contributed by atoms with Crippen molar-refractivity contribution in [2.24, 2.45) is 5.73 Å². The molecule has 0 unspecified atom stereocenters. The maximum absolute atomic E-state index is 5.17. The normalized spacial score (nSPS) is 13.0. The first-order chi connectivity index (χ1) is 4.76. The van der Waals surface area contributed by atoms with Crippen LogP contribution < -0.4 is 5.73 Å². The number of allylic oxidation sites excluding steroid dienone is 3. The predicted molar refractivity (Wildman–Crippen MR) is 43.2 cm³/mol. The van der Waals surface area contributed by atoms with E-state index in [0.717, 1.165) is 11.3 Å². The van der Waals surface area contributed by atoms with Crippen molar-refractivity contribution in [2.45, 2.75) is 6.92 Å². The van der Waals surface area contributed by atoms with Gasteiger partial charge in [-0.1, -0.05) is 6.58 Å². The van der Waals surface area contributed by atoms with E-state index in [9.17, 15) is 0 Å². The van der Waals surface area contributed by atoms with Gasteiger partial charge in [0.25, 0.3) is 0 Å². The van der Waals surface area contributed by atoms with Gasteiger partial charge in [0.05, 0.1) is 7.11 Å². The van der Waals surface area contributed by atoms with Crippen LogP contribution in [0.3, 0.4) is 0 Å². The number of nitrogens with two attached hydrogens (primary N) is 1. The fourth-order valence-corrected chi connectivity index (χ4v) is 0.632. The minimum atomic E-state index is 0.752. The molecule has 0 fully saturated rings. The van der Waals surface area contributed by atoms with Gasteiger partial charge in [-0.3, -0.25) is 0 Å². The molecule has 0 aliphatic heterocycles. The molecule has 0 aromatic carbocycles. The highest BCUT2D eigenvalue weighted by Gasteiger charge is 1.91. The molecule has 0 saturated carbocycles. The number of hydrogen-bond acceptors (Lipinski definition) is 2. The first-order valence-corrected chi connectivity index (χ1v) is 3.01. The van der Waals surface area contributed by atoms with Crippen LogP contribution in [-0.2, 0) is 4.74 Å². The Morgan fingerprint density at radius 1 is 1.60 bits per heavy atom. The lowest BCUT2D eigenvalue weighted by atomic mass is 10.2. The second-order valence-corrected chi connectivity index (χ2v) is 1.81. The molecule has 0 radical (unpaired) electrons. The van der Waals surface area contributed by atoms with E-state index in [2.05, 4.69) is 6.58 Å². The third kappa shape index (κ3) is 2.40. The highest BCUT2D eigenvalue weighted by atomic mass is 16.5. The molecular formula is C8H13NO. The van der Waals surface area contributed by atoms with Crippen molar-refractivity contribution in [2.75, 3.05) is 7.11 Å². The Balaban J connectivity index is 4.42. The SMILES string of the molecule is C=C/C(OC)=C(C)\C=C/N. The highest BCUT2D eigenvalue weighted by Crippen LogP contribution is 2.05. The Morgan fingerprint density at radius 3 is 2.50 bits per heavy atom. The van der Waals surface area contributed by atoms with Crippen molar-refractivity contribution in [1.29, 1.82) is 0 Å². The van der Waals surface area contributed by atoms with Gasteiger partial charge in [-0.15, -0.1) is 0 Å². The van der Waals surface area contributed by atoms with E-state index in [1.54, 1.807) is 19.3 Å². The quantitative estimate of drug-likeness (QED) is 0.475. The summed E-state index contributed by atoms with van der Waals surface area (Å²) in [7, 11) is 1.60. The zero-order valence-corrected chi connectivity index (χ0v) is 6.42. The van der Waals surface area contributed by atoms with Gasteiger partial charge in [0.1, 0.15) is 5.76 Å². The molecule has 0 aliphatic rings. The molecule has 0 amide bonds. The predicted octanol–water partition coefficient (Wildman–Crippen LogP) is 1.57. The van der Waals surface area contributed by atoms with Gasteiger partial charge in [-0.2, -0.15) is 0 Å². The molecule has 2 N–H and O–H groups in total. The van der Waals surface area contributed by atoms with Gasteiger partial charge < -0.3 is 10.5 Å². The van der Waals surface area contributed by atoms with Crippen molar-refractivity contribution in [3.63, 3.8) is 0 Å².